The van der Waals surface area contributed by atoms with Crippen LogP contribution in [0, 0.1) is 23.0 Å². The second-order valence-electron chi connectivity index (χ2n) is 3.47. The van der Waals surface area contributed by atoms with Crippen LogP contribution < -0.4 is 5.32 Å². The lowest BCUT2D eigenvalue weighted by atomic mass is 10.2. The van der Waals surface area contributed by atoms with Gasteiger partial charge in [0, 0.05) is 0 Å². The number of aromatic nitrogens is 2. The number of hydrogen-bond acceptors (Lipinski definition) is 3. The van der Waals surface area contributed by atoms with Gasteiger partial charge in [-0.2, -0.15) is 10.4 Å². The average Bonchev–Trinajstić information content (AvgIpc) is 2.80. The van der Waals surface area contributed by atoms with Crippen LogP contribution in [-0.4, -0.2) is 16.1 Å². The molecule has 2 rings (SSSR count). The molecule has 2 N–H and O–H groups in total. The molecule has 5 nitrogen and oxygen atoms in total. The minimum atomic E-state index is -0.970. The molecular weight excluding hydrogens is 278 g/mol. The number of halogens is 3. The van der Waals surface area contributed by atoms with Gasteiger partial charge in [-0.25, -0.2) is 8.78 Å². The Morgan fingerprint density at radius 2 is 2.16 bits per heavy atom. The molecule has 96 valence electrons. The Morgan fingerprint density at radius 3 is 2.84 bits per heavy atom. The number of anilines is 1. The van der Waals surface area contributed by atoms with Crippen molar-refractivity contribution in [2.45, 2.75) is 0 Å². The Bertz CT molecular complexity index is 692. The van der Waals surface area contributed by atoms with Crippen LogP contribution in [0.1, 0.15) is 15.9 Å². The zero-order valence-electron chi connectivity index (χ0n) is 9.17. The zero-order chi connectivity index (χ0) is 14.0. The maximum atomic E-state index is 13.5. The zero-order valence-corrected chi connectivity index (χ0v) is 9.92. The molecule has 0 saturated carbocycles. The average molecular weight is 283 g/mol. The SMILES string of the molecule is N#Cc1cn[nH]c1NC(=O)c1cc(F)c(Cl)cc1F. The van der Waals surface area contributed by atoms with Crippen LogP contribution >= 0.6 is 11.6 Å². The number of aromatic amines is 1. The van der Waals surface area contributed by atoms with Crippen molar-refractivity contribution >= 4 is 23.3 Å². The number of nitrogens with one attached hydrogen (secondary N) is 2. The highest BCUT2D eigenvalue weighted by atomic mass is 35.5. The summed E-state index contributed by atoms with van der Waals surface area (Å²) >= 11 is 5.38. The molecule has 1 heterocycles. The van der Waals surface area contributed by atoms with E-state index in [0.29, 0.717) is 12.1 Å². The molecule has 1 amide bonds. The number of carbonyl (C=O) groups excluding carboxylic acids is 1. The normalized spacial score (nSPS) is 10.0. The van der Waals surface area contributed by atoms with E-state index < -0.39 is 28.1 Å². The first-order valence-corrected chi connectivity index (χ1v) is 5.30. The first kappa shape index (κ1) is 13.0. The van der Waals surface area contributed by atoms with Crippen LogP contribution in [0.25, 0.3) is 0 Å². The van der Waals surface area contributed by atoms with Gasteiger partial charge < -0.3 is 5.32 Å². The first-order valence-electron chi connectivity index (χ1n) is 4.92. The standard InChI is InChI=1S/C11H5ClF2N4O/c12-7-2-8(13)6(1-9(7)14)11(19)17-10-5(3-15)4-16-18-10/h1-2,4H,(H2,16,17,18,19). The number of carbonyl (C=O) groups is 1. The van der Waals surface area contributed by atoms with Crippen molar-refractivity contribution in [1.82, 2.24) is 10.2 Å². The number of amides is 1. The smallest absolute Gasteiger partial charge is 0.259 e. The molecule has 0 aliphatic heterocycles. The lowest BCUT2D eigenvalue weighted by Gasteiger charge is -2.05. The predicted molar refractivity (Wildman–Crippen MR) is 62.6 cm³/mol. The van der Waals surface area contributed by atoms with Crippen molar-refractivity contribution < 1.29 is 13.6 Å². The minimum Gasteiger partial charge on any atom is -0.306 e. The molecular formula is C11H5ClF2N4O. The van der Waals surface area contributed by atoms with E-state index in [4.69, 9.17) is 16.9 Å². The van der Waals surface area contributed by atoms with Gasteiger partial charge in [0.05, 0.1) is 16.8 Å². The van der Waals surface area contributed by atoms with Crippen molar-refractivity contribution in [2.75, 3.05) is 5.32 Å². The molecule has 0 unspecified atom stereocenters. The molecule has 1 aromatic carbocycles. The van der Waals surface area contributed by atoms with Crippen LogP contribution in [0.4, 0.5) is 14.6 Å². The lowest BCUT2D eigenvalue weighted by molar-refractivity contribution is 0.102. The van der Waals surface area contributed by atoms with Crippen molar-refractivity contribution in [1.29, 1.82) is 5.26 Å². The molecule has 1 aromatic heterocycles. The molecule has 19 heavy (non-hydrogen) atoms. The molecule has 0 bridgehead atoms. The summed E-state index contributed by atoms with van der Waals surface area (Å²) in [6, 6.07) is 3.14. The van der Waals surface area contributed by atoms with Crippen molar-refractivity contribution in [3.8, 4) is 6.07 Å². The van der Waals surface area contributed by atoms with Gasteiger partial charge in [0.25, 0.3) is 5.91 Å². The van der Waals surface area contributed by atoms with E-state index in [1.54, 1.807) is 6.07 Å². The van der Waals surface area contributed by atoms with E-state index in [-0.39, 0.29) is 11.4 Å². The fraction of sp³-hybridized carbons (Fsp3) is 0. The van der Waals surface area contributed by atoms with Crippen LogP contribution in [-0.2, 0) is 0 Å². The molecule has 0 saturated heterocycles. The molecule has 8 heteroatoms. The molecule has 0 radical (unpaired) electrons. The summed E-state index contributed by atoms with van der Waals surface area (Å²) in [5, 5.41) is 16.4. The third-order valence-electron chi connectivity index (χ3n) is 2.25. The summed E-state index contributed by atoms with van der Waals surface area (Å²) in [5.74, 6) is -2.81. The topological polar surface area (TPSA) is 81.6 Å². The number of H-pyrrole nitrogens is 1. The van der Waals surface area contributed by atoms with Crippen molar-refractivity contribution in [2.24, 2.45) is 0 Å². The fourth-order valence-electron chi connectivity index (χ4n) is 1.34. The molecule has 2 aromatic rings. The number of nitriles is 1. The van der Waals surface area contributed by atoms with E-state index in [1.165, 1.54) is 6.20 Å². The van der Waals surface area contributed by atoms with Gasteiger partial charge in [-0.05, 0) is 12.1 Å². The van der Waals surface area contributed by atoms with E-state index >= 15 is 0 Å². The van der Waals surface area contributed by atoms with E-state index in [1.807, 2.05) is 0 Å². The Balaban J connectivity index is 2.31. The van der Waals surface area contributed by atoms with Gasteiger partial charge in [-0.15, -0.1) is 0 Å². The fourth-order valence-corrected chi connectivity index (χ4v) is 1.49. The van der Waals surface area contributed by atoms with Gasteiger partial charge in [0.2, 0.25) is 0 Å². The van der Waals surface area contributed by atoms with Crippen LogP contribution in [0.15, 0.2) is 18.3 Å². The van der Waals surface area contributed by atoms with Gasteiger partial charge in [-0.3, -0.25) is 9.89 Å². The summed E-state index contributed by atoms with van der Waals surface area (Å²) in [6.45, 7) is 0. The largest absolute Gasteiger partial charge is 0.306 e. The van der Waals surface area contributed by atoms with Gasteiger partial charge in [0.1, 0.15) is 29.1 Å². The second-order valence-corrected chi connectivity index (χ2v) is 3.88. The Kier molecular flexibility index (Phi) is 3.44. The molecule has 0 aliphatic carbocycles. The predicted octanol–water partition coefficient (Wildman–Crippen LogP) is 2.47. The molecule has 0 atom stereocenters. The summed E-state index contributed by atoms with van der Waals surface area (Å²) in [5.41, 5.74) is -0.455. The van der Waals surface area contributed by atoms with Crippen LogP contribution in [0.2, 0.25) is 5.02 Å². The van der Waals surface area contributed by atoms with Crippen molar-refractivity contribution in [3.63, 3.8) is 0 Å². The third kappa shape index (κ3) is 2.53. The summed E-state index contributed by atoms with van der Waals surface area (Å²) in [6.07, 6.45) is 1.19. The highest BCUT2D eigenvalue weighted by molar-refractivity contribution is 6.30. The van der Waals surface area contributed by atoms with Crippen molar-refractivity contribution in [3.05, 3.63) is 46.1 Å². The Morgan fingerprint density at radius 1 is 1.42 bits per heavy atom. The summed E-state index contributed by atoms with van der Waals surface area (Å²) < 4.78 is 26.7. The number of nitrogens with zero attached hydrogens (tertiary/aromatic N) is 2. The Labute approximate surface area is 110 Å². The van der Waals surface area contributed by atoms with Crippen LogP contribution in [0.5, 0.6) is 0 Å². The monoisotopic (exact) mass is 282 g/mol. The van der Waals surface area contributed by atoms with E-state index in [9.17, 15) is 13.6 Å². The lowest BCUT2D eigenvalue weighted by Crippen LogP contribution is -2.15. The maximum absolute atomic E-state index is 13.5. The van der Waals surface area contributed by atoms with Gasteiger partial charge >= 0.3 is 0 Å². The van der Waals surface area contributed by atoms with Crippen LogP contribution in [0.3, 0.4) is 0 Å². The highest BCUT2D eigenvalue weighted by Crippen LogP contribution is 2.20. The highest BCUT2D eigenvalue weighted by Gasteiger charge is 2.17. The van der Waals surface area contributed by atoms with E-state index in [0.717, 1.165) is 0 Å². The summed E-state index contributed by atoms with van der Waals surface area (Å²) in [4.78, 5) is 11.7. The summed E-state index contributed by atoms with van der Waals surface area (Å²) in [7, 11) is 0. The quantitative estimate of drug-likeness (QED) is 0.830. The number of hydrogen-bond donors (Lipinski definition) is 2. The Hall–Kier alpha value is -2.46. The first-order chi connectivity index (χ1) is 9.02. The van der Waals surface area contributed by atoms with Gasteiger partial charge in [-0.1, -0.05) is 11.6 Å². The maximum Gasteiger partial charge on any atom is 0.259 e. The van der Waals surface area contributed by atoms with Gasteiger partial charge in [0.15, 0.2) is 0 Å². The number of benzene rings is 1. The second kappa shape index (κ2) is 5.04. The molecule has 0 fully saturated rings. The minimum absolute atomic E-state index is 0.00209. The molecule has 0 spiro atoms. The number of rotatable bonds is 2. The third-order valence-corrected chi connectivity index (χ3v) is 2.54. The molecule has 0 aliphatic rings. The van der Waals surface area contributed by atoms with E-state index in [2.05, 4.69) is 15.5 Å².